The van der Waals surface area contributed by atoms with Crippen LogP contribution < -0.4 is 0 Å². The molecular weight excluding hydrogens is 370 g/mol. The van der Waals surface area contributed by atoms with Gasteiger partial charge in [-0.2, -0.15) is 0 Å². The number of aromatic amines is 1. The molecule has 1 N–H and O–H groups in total. The Morgan fingerprint density at radius 3 is 2.61 bits per heavy atom. The first-order valence-corrected chi connectivity index (χ1v) is 10.5. The topological polar surface area (TPSA) is 74.8 Å². The molecule has 2 aromatic heterocycles. The Hall–Kier alpha value is -2.67. The summed E-state index contributed by atoms with van der Waals surface area (Å²) in [6.45, 7) is 1.68. The van der Waals surface area contributed by atoms with Gasteiger partial charge >= 0.3 is 0 Å². The number of hydrogen-bond donors (Lipinski definition) is 1. The molecule has 144 valence electrons. The number of piperidine rings is 1. The molecule has 0 atom stereocenters. The fraction of sp³-hybridized carbons (Fsp3) is 0.333. The second-order valence-corrected chi connectivity index (χ2v) is 7.95. The highest BCUT2D eigenvalue weighted by atomic mass is 32.2. The van der Waals surface area contributed by atoms with Crippen molar-refractivity contribution in [2.45, 2.75) is 24.4 Å². The number of benzene rings is 1. The predicted molar refractivity (Wildman–Crippen MR) is 110 cm³/mol. The van der Waals surface area contributed by atoms with Crippen molar-refractivity contribution in [3.05, 3.63) is 60.4 Å². The van der Waals surface area contributed by atoms with Crippen molar-refractivity contribution in [3.63, 3.8) is 0 Å². The van der Waals surface area contributed by atoms with Crippen LogP contribution in [0, 0.1) is 5.92 Å². The molecule has 1 fully saturated rings. The number of nitrogens with zero attached hydrogens (tertiary/aromatic N) is 4. The number of rotatable bonds is 6. The summed E-state index contributed by atoms with van der Waals surface area (Å²) in [5.74, 6) is 1.89. The molecule has 0 bridgehead atoms. The number of carbonyl (C=O) groups excluding carboxylic acids is 1. The van der Waals surface area contributed by atoms with Crippen LogP contribution in [0.25, 0.3) is 11.4 Å². The summed E-state index contributed by atoms with van der Waals surface area (Å²) in [6.07, 6.45) is 6.67. The van der Waals surface area contributed by atoms with Crippen LogP contribution in [0.3, 0.4) is 0 Å². The monoisotopic (exact) mass is 393 g/mol. The summed E-state index contributed by atoms with van der Waals surface area (Å²) < 4.78 is 0. The van der Waals surface area contributed by atoms with E-state index in [2.05, 4.69) is 50.5 Å². The van der Waals surface area contributed by atoms with Gasteiger partial charge in [0.1, 0.15) is 0 Å². The lowest BCUT2D eigenvalue weighted by Gasteiger charge is -2.32. The lowest BCUT2D eigenvalue weighted by Crippen LogP contribution is -2.39. The van der Waals surface area contributed by atoms with Gasteiger partial charge in [-0.3, -0.25) is 14.9 Å². The van der Waals surface area contributed by atoms with Crippen molar-refractivity contribution in [1.82, 2.24) is 25.1 Å². The zero-order chi connectivity index (χ0) is 19.2. The Morgan fingerprint density at radius 1 is 1.11 bits per heavy atom. The largest absolute Gasteiger partial charge is 0.342 e. The fourth-order valence-corrected chi connectivity index (χ4v) is 4.20. The summed E-state index contributed by atoms with van der Waals surface area (Å²) in [6, 6.07) is 14.4. The lowest BCUT2D eigenvalue weighted by molar-refractivity contribution is -0.129. The minimum atomic E-state index is 0.165. The first-order chi connectivity index (χ1) is 13.8. The van der Waals surface area contributed by atoms with E-state index in [0.29, 0.717) is 22.7 Å². The van der Waals surface area contributed by atoms with Crippen LogP contribution in [-0.2, 0) is 11.2 Å². The lowest BCUT2D eigenvalue weighted by atomic mass is 9.90. The number of thioether (sulfide) groups is 1. The van der Waals surface area contributed by atoms with Crippen LogP contribution in [0.4, 0.5) is 0 Å². The molecule has 1 aliphatic rings. The third kappa shape index (κ3) is 4.78. The normalized spacial score (nSPS) is 14.9. The highest BCUT2D eigenvalue weighted by molar-refractivity contribution is 7.99. The molecule has 0 aliphatic carbocycles. The van der Waals surface area contributed by atoms with Crippen molar-refractivity contribution in [1.29, 1.82) is 0 Å². The Kier molecular flexibility index (Phi) is 6.01. The maximum absolute atomic E-state index is 12.5. The average Bonchev–Trinajstić information content (AvgIpc) is 3.23. The minimum Gasteiger partial charge on any atom is -0.342 e. The van der Waals surface area contributed by atoms with Crippen LogP contribution >= 0.6 is 11.8 Å². The molecule has 1 aromatic carbocycles. The number of likely N-dealkylation sites (tertiary alicyclic amines) is 1. The van der Waals surface area contributed by atoms with E-state index < -0.39 is 0 Å². The van der Waals surface area contributed by atoms with Gasteiger partial charge in [0.2, 0.25) is 11.1 Å². The van der Waals surface area contributed by atoms with E-state index in [4.69, 9.17) is 0 Å². The van der Waals surface area contributed by atoms with E-state index in [1.54, 1.807) is 12.4 Å². The van der Waals surface area contributed by atoms with Crippen LogP contribution in [-0.4, -0.2) is 49.8 Å². The highest BCUT2D eigenvalue weighted by Crippen LogP contribution is 2.23. The Bertz CT molecular complexity index is 891. The van der Waals surface area contributed by atoms with E-state index in [1.165, 1.54) is 17.3 Å². The fourth-order valence-electron chi connectivity index (χ4n) is 3.50. The van der Waals surface area contributed by atoms with Gasteiger partial charge in [-0.05, 0) is 42.9 Å². The predicted octanol–water partition coefficient (Wildman–Crippen LogP) is 3.44. The first-order valence-electron chi connectivity index (χ1n) is 9.55. The summed E-state index contributed by atoms with van der Waals surface area (Å²) in [4.78, 5) is 23.0. The average molecular weight is 394 g/mol. The van der Waals surface area contributed by atoms with Gasteiger partial charge in [-0.1, -0.05) is 42.1 Å². The molecule has 3 aromatic rings. The maximum atomic E-state index is 12.5. The molecule has 28 heavy (non-hydrogen) atoms. The van der Waals surface area contributed by atoms with Gasteiger partial charge in [0.05, 0.1) is 5.75 Å². The Morgan fingerprint density at radius 2 is 1.86 bits per heavy atom. The summed E-state index contributed by atoms with van der Waals surface area (Å²) in [5, 5.41) is 7.72. The zero-order valence-electron chi connectivity index (χ0n) is 15.6. The maximum Gasteiger partial charge on any atom is 0.233 e. The second kappa shape index (κ2) is 9.01. The van der Waals surface area contributed by atoms with Crippen molar-refractivity contribution in [3.8, 4) is 11.4 Å². The first kappa shape index (κ1) is 18.7. The molecule has 4 rings (SSSR count). The number of carbonyl (C=O) groups is 1. The number of hydrogen-bond acceptors (Lipinski definition) is 5. The van der Waals surface area contributed by atoms with E-state index in [-0.39, 0.29) is 5.91 Å². The smallest absolute Gasteiger partial charge is 0.233 e. The van der Waals surface area contributed by atoms with Gasteiger partial charge in [0, 0.05) is 31.0 Å². The number of aromatic nitrogens is 4. The number of nitrogens with one attached hydrogen (secondary N) is 1. The van der Waals surface area contributed by atoms with Crippen LogP contribution in [0.1, 0.15) is 18.4 Å². The standard InChI is InChI=1S/C21H23N5OS/c27-19(15-28-21-23-20(24-25-21)18-6-10-22-11-7-18)26-12-8-17(9-13-26)14-16-4-2-1-3-5-16/h1-7,10-11,17H,8-9,12-15H2,(H,23,24,25). The molecule has 1 amide bonds. The van der Waals surface area contributed by atoms with Crippen molar-refractivity contribution in [2.75, 3.05) is 18.8 Å². The molecular formula is C21H23N5OS. The summed E-state index contributed by atoms with van der Waals surface area (Å²) in [7, 11) is 0. The van der Waals surface area contributed by atoms with Crippen molar-refractivity contribution >= 4 is 17.7 Å². The van der Waals surface area contributed by atoms with Crippen LogP contribution in [0.5, 0.6) is 0 Å². The Labute approximate surface area is 168 Å². The third-order valence-corrected chi connectivity index (χ3v) is 5.91. The molecule has 0 unspecified atom stereocenters. The number of amides is 1. The van der Waals surface area contributed by atoms with Crippen LogP contribution in [0.2, 0.25) is 0 Å². The quantitative estimate of drug-likeness (QED) is 0.650. The zero-order valence-corrected chi connectivity index (χ0v) is 16.4. The molecule has 7 heteroatoms. The number of H-pyrrole nitrogens is 1. The molecule has 6 nitrogen and oxygen atoms in total. The SMILES string of the molecule is O=C(CSc1n[nH]c(-c2ccncc2)n1)N1CCC(Cc2ccccc2)CC1. The minimum absolute atomic E-state index is 0.165. The van der Waals surface area contributed by atoms with Crippen molar-refractivity contribution < 1.29 is 4.79 Å². The van der Waals surface area contributed by atoms with E-state index in [9.17, 15) is 4.79 Å². The second-order valence-electron chi connectivity index (χ2n) is 7.01. The molecule has 0 spiro atoms. The molecule has 1 saturated heterocycles. The van der Waals surface area contributed by atoms with Gasteiger partial charge in [-0.25, -0.2) is 4.98 Å². The van der Waals surface area contributed by atoms with E-state index in [0.717, 1.165) is 37.9 Å². The molecule has 0 saturated carbocycles. The highest BCUT2D eigenvalue weighted by Gasteiger charge is 2.23. The van der Waals surface area contributed by atoms with Gasteiger partial charge < -0.3 is 4.90 Å². The van der Waals surface area contributed by atoms with Gasteiger partial charge in [0.25, 0.3) is 0 Å². The summed E-state index contributed by atoms with van der Waals surface area (Å²) in [5.41, 5.74) is 2.32. The summed E-state index contributed by atoms with van der Waals surface area (Å²) >= 11 is 1.38. The number of pyridine rings is 1. The van der Waals surface area contributed by atoms with E-state index >= 15 is 0 Å². The Balaban J connectivity index is 1.23. The molecule has 1 aliphatic heterocycles. The van der Waals surface area contributed by atoms with Gasteiger partial charge in [0.15, 0.2) is 5.82 Å². The van der Waals surface area contributed by atoms with E-state index in [1.807, 2.05) is 17.0 Å². The molecule has 3 heterocycles. The van der Waals surface area contributed by atoms with Gasteiger partial charge in [-0.15, -0.1) is 5.10 Å². The van der Waals surface area contributed by atoms with Crippen molar-refractivity contribution in [2.24, 2.45) is 5.92 Å². The molecule has 0 radical (unpaired) electrons. The van der Waals surface area contributed by atoms with Crippen LogP contribution in [0.15, 0.2) is 60.0 Å². The third-order valence-electron chi connectivity index (χ3n) is 5.08.